The van der Waals surface area contributed by atoms with E-state index in [0.717, 1.165) is 12.7 Å². The summed E-state index contributed by atoms with van der Waals surface area (Å²) in [5.41, 5.74) is 0. The average molecular weight is 298 g/mol. The van der Waals surface area contributed by atoms with Crippen LogP contribution in [0, 0.1) is 0 Å². The van der Waals surface area contributed by atoms with Gasteiger partial charge in [0.15, 0.2) is 21.7 Å². The number of hydrogen-bond acceptors (Lipinski definition) is 5. The molecule has 1 aromatic rings. The first-order valence-electron chi connectivity index (χ1n) is 6.53. The minimum absolute atomic E-state index is 0.0520. The second-order valence-corrected chi connectivity index (χ2v) is 6.88. The first-order valence-corrected chi connectivity index (χ1v) is 8.42. The molecule has 0 amide bonds. The van der Waals surface area contributed by atoms with E-state index in [4.69, 9.17) is 9.47 Å². The van der Waals surface area contributed by atoms with Gasteiger partial charge in [-0.1, -0.05) is 6.92 Å². The van der Waals surface area contributed by atoms with E-state index in [0.29, 0.717) is 18.8 Å². The molecule has 2 atom stereocenters. The molecule has 2 rings (SSSR count). The molecule has 1 fully saturated rings. The zero-order valence-electron chi connectivity index (χ0n) is 11.5. The van der Waals surface area contributed by atoms with Gasteiger partial charge >= 0.3 is 0 Å². The van der Waals surface area contributed by atoms with Crippen molar-refractivity contribution in [3.63, 3.8) is 0 Å². The normalized spacial score (nSPS) is 22.4. The van der Waals surface area contributed by atoms with E-state index in [-0.39, 0.29) is 16.8 Å². The summed E-state index contributed by atoms with van der Waals surface area (Å²) in [4.78, 5) is 11.7. The molecular weight excluding hydrogens is 280 g/mol. The number of hydrogen-bond donors (Lipinski definition) is 0. The molecular formula is C14H18O5S. The van der Waals surface area contributed by atoms with Gasteiger partial charge in [-0.3, -0.25) is 4.79 Å². The van der Waals surface area contributed by atoms with Crippen molar-refractivity contribution < 1.29 is 22.7 Å². The van der Waals surface area contributed by atoms with Crippen LogP contribution in [0.4, 0.5) is 0 Å². The Morgan fingerprint density at radius 2 is 1.90 bits per heavy atom. The monoisotopic (exact) mass is 298 g/mol. The van der Waals surface area contributed by atoms with Crippen molar-refractivity contribution in [2.75, 3.05) is 12.9 Å². The van der Waals surface area contributed by atoms with Crippen LogP contribution >= 0.6 is 0 Å². The smallest absolute Gasteiger partial charge is 0.175 e. The molecule has 2 unspecified atom stereocenters. The summed E-state index contributed by atoms with van der Waals surface area (Å²) in [7, 11) is -3.21. The fourth-order valence-corrected chi connectivity index (χ4v) is 2.59. The lowest BCUT2D eigenvalue weighted by Gasteiger charge is -2.34. The second-order valence-electron chi connectivity index (χ2n) is 4.86. The van der Waals surface area contributed by atoms with E-state index in [1.807, 2.05) is 6.92 Å². The SMILES string of the molecule is CCCOC1C(=O)CC1Oc1ccc(S(C)(=O)=O)cc1. The fraction of sp³-hybridized carbons (Fsp3) is 0.500. The summed E-state index contributed by atoms with van der Waals surface area (Å²) in [6, 6.07) is 6.17. The maximum Gasteiger partial charge on any atom is 0.175 e. The van der Waals surface area contributed by atoms with Gasteiger partial charge in [0, 0.05) is 19.3 Å². The molecule has 0 aromatic heterocycles. The van der Waals surface area contributed by atoms with Gasteiger partial charge in [-0.2, -0.15) is 0 Å². The predicted octanol–water partition coefficient (Wildman–Crippen LogP) is 1.61. The van der Waals surface area contributed by atoms with Crippen molar-refractivity contribution in [1.82, 2.24) is 0 Å². The summed E-state index contributed by atoms with van der Waals surface area (Å²) < 4.78 is 33.8. The van der Waals surface area contributed by atoms with Crippen molar-refractivity contribution in [3.05, 3.63) is 24.3 Å². The van der Waals surface area contributed by atoms with Gasteiger partial charge in [0.1, 0.15) is 11.9 Å². The van der Waals surface area contributed by atoms with Crippen molar-refractivity contribution in [2.45, 2.75) is 36.9 Å². The third-order valence-corrected chi connectivity index (χ3v) is 4.23. The quantitative estimate of drug-likeness (QED) is 0.798. The van der Waals surface area contributed by atoms with Gasteiger partial charge in [0.05, 0.1) is 4.90 Å². The highest BCUT2D eigenvalue weighted by atomic mass is 32.2. The van der Waals surface area contributed by atoms with E-state index in [1.165, 1.54) is 12.1 Å². The second kappa shape index (κ2) is 5.93. The molecule has 0 N–H and O–H groups in total. The van der Waals surface area contributed by atoms with Gasteiger partial charge < -0.3 is 9.47 Å². The topological polar surface area (TPSA) is 69.7 Å². The minimum Gasteiger partial charge on any atom is -0.487 e. The van der Waals surface area contributed by atoms with Crippen LogP contribution in [0.5, 0.6) is 5.75 Å². The van der Waals surface area contributed by atoms with Crippen LogP contribution in [0.25, 0.3) is 0 Å². The summed E-state index contributed by atoms with van der Waals surface area (Å²) in [5, 5.41) is 0. The zero-order valence-corrected chi connectivity index (χ0v) is 12.4. The number of ether oxygens (including phenoxy) is 2. The Bertz CT molecular complexity index is 576. The Kier molecular flexibility index (Phi) is 4.45. The van der Waals surface area contributed by atoms with E-state index in [1.54, 1.807) is 12.1 Å². The Morgan fingerprint density at radius 3 is 2.40 bits per heavy atom. The number of Topliss-reactive ketones (excluding diaryl/α,β-unsaturated/α-hetero) is 1. The molecule has 0 bridgehead atoms. The molecule has 1 aliphatic carbocycles. The summed E-state index contributed by atoms with van der Waals surface area (Å²) in [5.74, 6) is 0.594. The molecule has 1 aromatic carbocycles. The van der Waals surface area contributed by atoms with E-state index in [2.05, 4.69) is 0 Å². The third kappa shape index (κ3) is 3.37. The van der Waals surface area contributed by atoms with Crippen LogP contribution in [0.2, 0.25) is 0 Å². The number of rotatable bonds is 6. The summed E-state index contributed by atoms with van der Waals surface area (Å²) >= 11 is 0. The van der Waals surface area contributed by atoms with E-state index in [9.17, 15) is 13.2 Å². The first-order chi connectivity index (χ1) is 9.41. The van der Waals surface area contributed by atoms with Gasteiger partial charge in [-0.25, -0.2) is 8.42 Å². The lowest BCUT2D eigenvalue weighted by molar-refractivity contribution is -0.154. The Balaban J connectivity index is 1.98. The lowest BCUT2D eigenvalue weighted by atomic mass is 9.90. The highest BCUT2D eigenvalue weighted by Gasteiger charge is 2.42. The molecule has 6 heteroatoms. The molecule has 20 heavy (non-hydrogen) atoms. The summed E-state index contributed by atoms with van der Waals surface area (Å²) in [6.45, 7) is 2.51. The van der Waals surface area contributed by atoms with Gasteiger partial charge in [0.25, 0.3) is 0 Å². The maximum absolute atomic E-state index is 11.4. The van der Waals surface area contributed by atoms with Crippen LogP contribution < -0.4 is 4.74 Å². The lowest BCUT2D eigenvalue weighted by Crippen LogP contribution is -2.52. The highest BCUT2D eigenvalue weighted by Crippen LogP contribution is 2.26. The molecule has 1 aliphatic rings. The Labute approximate surface area is 118 Å². The van der Waals surface area contributed by atoms with Crippen LogP contribution in [0.15, 0.2) is 29.2 Å². The van der Waals surface area contributed by atoms with Crippen LogP contribution in [0.3, 0.4) is 0 Å². The predicted molar refractivity (Wildman–Crippen MR) is 73.6 cm³/mol. The highest BCUT2D eigenvalue weighted by molar-refractivity contribution is 7.90. The molecule has 0 heterocycles. The fourth-order valence-electron chi connectivity index (χ4n) is 1.96. The van der Waals surface area contributed by atoms with Crippen LogP contribution in [-0.2, 0) is 19.4 Å². The Morgan fingerprint density at radius 1 is 1.25 bits per heavy atom. The van der Waals surface area contributed by atoms with E-state index < -0.39 is 15.9 Å². The van der Waals surface area contributed by atoms with Crippen molar-refractivity contribution in [3.8, 4) is 5.75 Å². The molecule has 0 spiro atoms. The van der Waals surface area contributed by atoms with Crippen LogP contribution in [-0.4, -0.2) is 39.3 Å². The third-order valence-electron chi connectivity index (χ3n) is 3.10. The molecule has 1 saturated carbocycles. The van der Waals surface area contributed by atoms with Gasteiger partial charge in [0.2, 0.25) is 0 Å². The number of carbonyl (C=O) groups excluding carboxylic acids is 1. The zero-order chi connectivity index (χ0) is 14.8. The minimum atomic E-state index is -3.21. The van der Waals surface area contributed by atoms with Crippen molar-refractivity contribution >= 4 is 15.6 Å². The summed E-state index contributed by atoms with van der Waals surface area (Å²) in [6.07, 6.45) is 1.56. The maximum atomic E-state index is 11.4. The molecule has 0 radical (unpaired) electrons. The van der Waals surface area contributed by atoms with Gasteiger partial charge in [-0.15, -0.1) is 0 Å². The van der Waals surface area contributed by atoms with Crippen molar-refractivity contribution in [1.29, 1.82) is 0 Å². The first kappa shape index (κ1) is 15.0. The number of carbonyl (C=O) groups is 1. The van der Waals surface area contributed by atoms with Crippen molar-refractivity contribution in [2.24, 2.45) is 0 Å². The Hall–Kier alpha value is -1.40. The number of ketones is 1. The number of benzene rings is 1. The number of sulfone groups is 1. The largest absolute Gasteiger partial charge is 0.487 e. The van der Waals surface area contributed by atoms with Gasteiger partial charge in [-0.05, 0) is 30.7 Å². The molecule has 5 nitrogen and oxygen atoms in total. The molecule has 110 valence electrons. The van der Waals surface area contributed by atoms with Crippen LogP contribution in [0.1, 0.15) is 19.8 Å². The molecule has 0 aliphatic heterocycles. The van der Waals surface area contributed by atoms with E-state index >= 15 is 0 Å². The standard InChI is InChI=1S/C14H18O5S/c1-3-8-18-14-12(15)9-13(14)19-10-4-6-11(7-5-10)20(2,16)17/h4-7,13-14H,3,8-9H2,1-2H3. The molecule has 0 saturated heterocycles. The average Bonchev–Trinajstić information content (AvgIpc) is 2.38.